The number of ether oxygens (including phenoxy) is 3. The van der Waals surface area contributed by atoms with Gasteiger partial charge in [-0.05, 0) is 17.7 Å². The van der Waals surface area contributed by atoms with Gasteiger partial charge in [-0.3, -0.25) is 4.79 Å². The van der Waals surface area contributed by atoms with E-state index in [9.17, 15) is 9.90 Å². The van der Waals surface area contributed by atoms with E-state index in [1.54, 1.807) is 18.2 Å². The number of methoxy groups -OCH3 is 1. The Balaban J connectivity index is 2.12. The molecule has 1 N–H and O–H groups in total. The van der Waals surface area contributed by atoms with E-state index in [-0.39, 0.29) is 13.2 Å². The minimum Gasteiger partial charge on any atom is -0.469 e. The van der Waals surface area contributed by atoms with Crippen molar-refractivity contribution < 1.29 is 24.1 Å². The molecule has 0 aliphatic carbocycles. The van der Waals surface area contributed by atoms with Crippen LogP contribution in [0.2, 0.25) is 0 Å². The van der Waals surface area contributed by atoms with E-state index in [2.05, 4.69) is 4.74 Å². The second kappa shape index (κ2) is 4.40. The lowest BCUT2D eigenvalue weighted by molar-refractivity contribution is -0.142. The van der Waals surface area contributed by atoms with Crippen LogP contribution in [0.1, 0.15) is 18.1 Å². The molecular formula is C11H12O5. The van der Waals surface area contributed by atoms with Gasteiger partial charge in [0.25, 0.3) is 0 Å². The molecule has 1 aromatic carbocycles. The molecule has 0 bridgehead atoms. The first-order valence-corrected chi connectivity index (χ1v) is 4.85. The molecule has 5 heteroatoms. The number of benzene rings is 1. The van der Waals surface area contributed by atoms with Gasteiger partial charge in [-0.2, -0.15) is 0 Å². The van der Waals surface area contributed by atoms with E-state index in [0.717, 1.165) is 0 Å². The smallest absolute Gasteiger partial charge is 0.308 e. The van der Waals surface area contributed by atoms with E-state index in [1.807, 2.05) is 0 Å². The molecule has 1 aliphatic heterocycles. The molecular weight excluding hydrogens is 212 g/mol. The summed E-state index contributed by atoms with van der Waals surface area (Å²) >= 11 is 0. The van der Waals surface area contributed by atoms with Crippen LogP contribution in [0.15, 0.2) is 18.2 Å². The molecule has 1 heterocycles. The first-order chi connectivity index (χ1) is 7.70. The maximum absolute atomic E-state index is 11.0. The van der Waals surface area contributed by atoms with Gasteiger partial charge in [-0.25, -0.2) is 0 Å². The maximum Gasteiger partial charge on any atom is 0.308 e. The number of aliphatic hydroxyl groups excluding tert-OH is 1. The van der Waals surface area contributed by atoms with Crippen LogP contribution in [0.25, 0.3) is 0 Å². The summed E-state index contributed by atoms with van der Waals surface area (Å²) in [6, 6.07) is 5.06. The van der Waals surface area contributed by atoms with Crippen molar-refractivity contribution in [3.05, 3.63) is 23.8 Å². The Morgan fingerprint density at radius 3 is 3.00 bits per heavy atom. The zero-order valence-corrected chi connectivity index (χ0v) is 8.80. The predicted molar refractivity (Wildman–Crippen MR) is 54.2 cm³/mol. The molecule has 1 atom stereocenters. The molecule has 2 rings (SSSR count). The summed E-state index contributed by atoms with van der Waals surface area (Å²) in [5, 5.41) is 9.76. The molecule has 86 valence electrons. The van der Waals surface area contributed by atoms with Gasteiger partial charge in [0.05, 0.1) is 19.6 Å². The number of esters is 1. The van der Waals surface area contributed by atoms with E-state index in [4.69, 9.17) is 9.47 Å². The van der Waals surface area contributed by atoms with Crippen LogP contribution in [0, 0.1) is 0 Å². The quantitative estimate of drug-likeness (QED) is 0.776. The van der Waals surface area contributed by atoms with Crippen molar-refractivity contribution in [2.24, 2.45) is 0 Å². The topological polar surface area (TPSA) is 65.0 Å². The maximum atomic E-state index is 11.0. The van der Waals surface area contributed by atoms with Gasteiger partial charge in [0.1, 0.15) is 0 Å². The number of fused-ring (bicyclic) bond motifs is 1. The number of carbonyl (C=O) groups is 1. The van der Waals surface area contributed by atoms with Crippen molar-refractivity contribution >= 4 is 5.97 Å². The number of aliphatic hydroxyl groups is 1. The second-order valence-corrected chi connectivity index (χ2v) is 3.41. The molecule has 16 heavy (non-hydrogen) atoms. The van der Waals surface area contributed by atoms with Crippen LogP contribution < -0.4 is 9.47 Å². The van der Waals surface area contributed by atoms with Crippen molar-refractivity contribution in [3.63, 3.8) is 0 Å². The molecule has 0 fully saturated rings. The summed E-state index contributed by atoms with van der Waals surface area (Å²) in [6.07, 6.45) is -0.960. The van der Waals surface area contributed by atoms with Gasteiger partial charge >= 0.3 is 5.97 Å². The minimum atomic E-state index is -0.887. The highest BCUT2D eigenvalue weighted by Gasteiger charge is 2.18. The molecule has 0 spiro atoms. The second-order valence-electron chi connectivity index (χ2n) is 3.41. The Kier molecular flexibility index (Phi) is 2.96. The van der Waals surface area contributed by atoms with Gasteiger partial charge in [0.15, 0.2) is 11.5 Å². The lowest BCUT2D eigenvalue weighted by Gasteiger charge is -2.09. The Bertz CT molecular complexity index is 401. The van der Waals surface area contributed by atoms with Gasteiger partial charge in [-0.1, -0.05) is 6.07 Å². The number of rotatable bonds is 3. The zero-order chi connectivity index (χ0) is 11.5. The Morgan fingerprint density at radius 1 is 1.50 bits per heavy atom. The number of hydrogen-bond donors (Lipinski definition) is 1. The summed E-state index contributed by atoms with van der Waals surface area (Å²) in [4.78, 5) is 11.0. The molecule has 1 aromatic rings. The van der Waals surface area contributed by atoms with Gasteiger partial charge in [0, 0.05) is 0 Å². The van der Waals surface area contributed by atoms with E-state index < -0.39 is 12.1 Å². The van der Waals surface area contributed by atoms with Crippen LogP contribution >= 0.6 is 0 Å². The largest absolute Gasteiger partial charge is 0.469 e. The fourth-order valence-corrected chi connectivity index (χ4v) is 1.48. The fraction of sp³-hybridized carbons (Fsp3) is 0.364. The Hall–Kier alpha value is -1.75. The van der Waals surface area contributed by atoms with Crippen LogP contribution in [0.4, 0.5) is 0 Å². The monoisotopic (exact) mass is 224 g/mol. The van der Waals surface area contributed by atoms with Crippen molar-refractivity contribution in [2.75, 3.05) is 13.9 Å². The van der Waals surface area contributed by atoms with E-state index in [1.165, 1.54) is 7.11 Å². The summed E-state index contributed by atoms with van der Waals surface area (Å²) in [5.41, 5.74) is 0.606. The number of hydrogen-bond acceptors (Lipinski definition) is 5. The molecule has 0 unspecified atom stereocenters. The van der Waals surface area contributed by atoms with Crippen molar-refractivity contribution in [2.45, 2.75) is 12.5 Å². The Morgan fingerprint density at radius 2 is 2.25 bits per heavy atom. The summed E-state index contributed by atoms with van der Waals surface area (Å²) in [6.45, 7) is 0.186. The van der Waals surface area contributed by atoms with Crippen molar-refractivity contribution in [1.29, 1.82) is 0 Å². The predicted octanol–water partition coefficient (Wildman–Crippen LogP) is 1.01. The van der Waals surface area contributed by atoms with Crippen molar-refractivity contribution in [3.8, 4) is 11.5 Å². The first kappa shape index (κ1) is 10.8. The highest BCUT2D eigenvalue weighted by atomic mass is 16.7. The minimum absolute atomic E-state index is 0.0733. The Labute approximate surface area is 92.5 Å². The van der Waals surface area contributed by atoms with Gasteiger partial charge < -0.3 is 19.3 Å². The molecule has 5 nitrogen and oxygen atoms in total. The average Bonchev–Trinajstić information content (AvgIpc) is 2.75. The molecule has 0 radical (unpaired) electrons. The molecule has 0 saturated carbocycles. The van der Waals surface area contributed by atoms with Crippen molar-refractivity contribution in [1.82, 2.24) is 0 Å². The third kappa shape index (κ3) is 2.09. The van der Waals surface area contributed by atoms with Gasteiger partial charge in [0.2, 0.25) is 6.79 Å². The highest BCUT2D eigenvalue weighted by Crippen LogP contribution is 2.34. The van der Waals surface area contributed by atoms with Crippen LogP contribution in [-0.2, 0) is 9.53 Å². The van der Waals surface area contributed by atoms with E-state index in [0.29, 0.717) is 17.1 Å². The average molecular weight is 224 g/mol. The van der Waals surface area contributed by atoms with E-state index >= 15 is 0 Å². The highest BCUT2D eigenvalue weighted by molar-refractivity contribution is 5.70. The summed E-state index contributed by atoms with van der Waals surface area (Å²) in [5.74, 6) is 0.778. The van der Waals surface area contributed by atoms with Gasteiger partial charge in [-0.15, -0.1) is 0 Å². The molecule has 0 amide bonds. The van der Waals surface area contributed by atoms with Crippen LogP contribution in [-0.4, -0.2) is 25.0 Å². The molecule has 0 saturated heterocycles. The zero-order valence-electron chi connectivity index (χ0n) is 8.80. The normalized spacial score (nSPS) is 14.6. The van der Waals surface area contributed by atoms with Crippen LogP contribution in [0.3, 0.4) is 0 Å². The third-order valence-electron chi connectivity index (χ3n) is 2.37. The summed E-state index contributed by atoms with van der Waals surface area (Å²) in [7, 11) is 1.29. The fourth-order valence-electron chi connectivity index (χ4n) is 1.48. The standard InChI is InChI=1S/C11H12O5/c1-14-11(13)5-8(12)7-2-3-9-10(4-7)16-6-15-9/h2-4,8,12H,5-6H2,1H3/t8-/m0/s1. The first-order valence-electron chi connectivity index (χ1n) is 4.85. The number of carbonyl (C=O) groups excluding carboxylic acids is 1. The summed E-state index contributed by atoms with van der Waals surface area (Å²) < 4.78 is 14.8. The SMILES string of the molecule is COC(=O)C[C@H](O)c1ccc2c(c1)OCO2. The molecule has 0 aromatic heterocycles. The third-order valence-corrected chi connectivity index (χ3v) is 2.37. The lowest BCUT2D eigenvalue weighted by Crippen LogP contribution is -2.07. The van der Waals surface area contributed by atoms with Crippen LogP contribution in [0.5, 0.6) is 11.5 Å². The molecule has 1 aliphatic rings. The lowest BCUT2D eigenvalue weighted by atomic mass is 10.1.